The van der Waals surface area contributed by atoms with Gasteiger partial charge in [0, 0.05) is 35.4 Å². The van der Waals surface area contributed by atoms with Crippen LogP contribution in [0.1, 0.15) is 70.5 Å². The van der Waals surface area contributed by atoms with E-state index in [0.717, 1.165) is 54.1 Å². The maximum Gasteiger partial charge on any atom is 0.253 e. The number of nitrogens with one attached hydrogen (secondary N) is 2. The van der Waals surface area contributed by atoms with E-state index < -0.39 is 0 Å². The van der Waals surface area contributed by atoms with Crippen LogP contribution in [-0.2, 0) is 0 Å². The number of hydrogen-bond donors (Lipinski definition) is 2. The maximum absolute atomic E-state index is 13.1. The molecule has 2 aromatic carbocycles. The number of aromatic nitrogens is 1. The summed E-state index contributed by atoms with van der Waals surface area (Å²) < 4.78 is 10.7. The van der Waals surface area contributed by atoms with E-state index in [2.05, 4.69) is 20.5 Å². The molecule has 4 atom stereocenters. The first kappa shape index (κ1) is 26.5. The molecule has 3 heterocycles. The number of rotatable bonds is 8. The number of amides is 2. The molecule has 2 N–H and O–H groups in total. The number of benzene rings is 2. The summed E-state index contributed by atoms with van der Waals surface area (Å²) in [4.78, 5) is 33.0. The highest BCUT2D eigenvalue weighted by atomic mass is 16.5. The molecular formula is C31H36N4O4. The number of nitrogens with zero attached hydrogens (tertiary/aromatic N) is 2. The molecule has 5 rings (SSSR count). The zero-order valence-electron chi connectivity index (χ0n) is 22.9. The van der Waals surface area contributed by atoms with Crippen molar-refractivity contribution >= 4 is 17.6 Å². The second kappa shape index (κ2) is 11.4. The molecule has 0 saturated carbocycles. The molecule has 2 saturated heterocycles. The van der Waals surface area contributed by atoms with Gasteiger partial charge in [0.05, 0.1) is 25.8 Å². The quantitative estimate of drug-likeness (QED) is 0.435. The molecule has 3 unspecified atom stereocenters. The topological polar surface area (TPSA) is 92.8 Å². The Morgan fingerprint density at radius 1 is 0.974 bits per heavy atom. The fourth-order valence-electron chi connectivity index (χ4n) is 5.96. The van der Waals surface area contributed by atoms with Gasteiger partial charge in [0.15, 0.2) is 0 Å². The third-order valence-corrected chi connectivity index (χ3v) is 8.03. The third-order valence-electron chi connectivity index (χ3n) is 8.03. The van der Waals surface area contributed by atoms with E-state index >= 15 is 0 Å². The molecule has 8 nitrogen and oxygen atoms in total. The Labute approximate surface area is 229 Å². The molecule has 39 heavy (non-hydrogen) atoms. The summed E-state index contributed by atoms with van der Waals surface area (Å²) in [6, 6.07) is 17.6. The van der Waals surface area contributed by atoms with Crippen LogP contribution in [0.3, 0.4) is 0 Å². The van der Waals surface area contributed by atoms with Gasteiger partial charge < -0.3 is 25.0 Å². The SMILES string of the molecule is COc1cccc(C(C)NC(=O)c2ccc(N3C4CC[C@H]3CC(NC(=O)c3cccc(OC)c3C)C4)nc2)c1. The van der Waals surface area contributed by atoms with Crippen LogP contribution in [0.2, 0.25) is 0 Å². The van der Waals surface area contributed by atoms with Crippen molar-refractivity contribution in [1.29, 1.82) is 0 Å². The van der Waals surface area contributed by atoms with Gasteiger partial charge in [-0.2, -0.15) is 0 Å². The standard InChI is InChI=1S/C31H36N4O4/c1-19-27(9-6-10-28(19)39-4)31(37)34-23-16-24-12-13-25(17-23)35(24)29-14-11-22(18-32-29)30(36)33-20(2)21-7-5-8-26(15-21)38-3/h5-11,14-15,18,20,23-25H,12-13,16-17H2,1-4H3,(H,33,36)(H,34,37)/t20?,23?,24-,25?/m0/s1. The molecule has 2 aliphatic rings. The summed E-state index contributed by atoms with van der Waals surface area (Å²) >= 11 is 0. The first-order valence-electron chi connectivity index (χ1n) is 13.5. The number of anilines is 1. The number of methoxy groups -OCH3 is 2. The van der Waals surface area contributed by atoms with Crippen LogP contribution in [0.25, 0.3) is 0 Å². The minimum atomic E-state index is -0.168. The first-order chi connectivity index (χ1) is 18.9. The second-order valence-corrected chi connectivity index (χ2v) is 10.4. The summed E-state index contributed by atoms with van der Waals surface area (Å²) in [5, 5.41) is 6.31. The van der Waals surface area contributed by atoms with Crippen molar-refractivity contribution in [2.24, 2.45) is 0 Å². The average Bonchev–Trinajstić information content (AvgIpc) is 3.22. The van der Waals surface area contributed by atoms with Gasteiger partial charge in [-0.3, -0.25) is 9.59 Å². The Kier molecular flexibility index (Phi) is 7.72. The number of piperidine rings is 1. The number of carbonyl (C=O) groups excluding carboxylic acids is 2. The third kappa shape index (κ3) is 5.55. The molecule has 0 radical (unpaired) electrons. The maximum atomic E-state index is 13.1. The van der Waals surface area contributed by atoms with Crippen molar-refractivity contribution < 1.29 is 19.1 Å². The van der Waals surface area contributed by atoms with Crippen molar-refractivity contribution in [2.45, 2.75) is 63.7 Å². The summed E-state index contributed by atoms with van der Waals surface area (Å²) in [6.45, 7) is 3.86. The Morgan fingerprint density at radius 3 is 2.38 bits per heavy atom. The summed E-state index contributed by atoms with van der Waals surface area (Å²) in [7, 11) is 3.25. The fraction of sp³-hybridized carbons (Fsp3) is 0.387. The Bertz CT molecular complexity index is 1330. The van der Waals surface area contributed by atoms with Gasteiger partial charge >= 0.3 is 0 Å². The van der Waals surface area contributed by atoms with E-state index in [0.29, 0.717) is 23.2 Å². The molecule has 2 amide bonds. The first-order valence-corrected chi connectivity index (χ1v) is 13.5. The normalized spacial score (nSPS) is 20.7. The van der Waals surface area contributed by atoms with E-state index in [9.17, 15) is 9.59 Å². The summed E-state index contributed by atoms with van der Waals surface area (Å²) in [6.07, 6.45) is 5.52. The van der Waals surface area contributed by atoms with E-state index in [4.69, 9.17) is 9.47 Å². The Morgan fingerprint density at radius 2 is 1.72 bits per heavy atom. The molecule has 2 aliphatic heterocycles. The van der Waals surface area contributed by atoms with Gasteiger partial charge in [0.2, 0.25) is 0 Å². The molecule has 2 fully saturated rings. The largest absolute Gasteiger partial charge is 0.497 e. The van der Waals surface area contributed by atoms with Gasteiger partial charge in [0.25, 0.3) is 11.8 Å². The van der Waals surface area contributed by atoms with Crippen molar-refractivity contribution in [3.63, 3.8) is 0 Å². The molecule has 3 aromatic rings. The second-order valence-electron chi connectivity index (χ2n) is 10.4. The van der Waals surface area contributed by atoms with E-state index in [1.165, 1.54) is 0 Å². The Hall–Kier alpha value is -4.07. The number of carbonyl (C=O) groups is 2. The van der Waals surface area contributed by atoms with E-state index in [1.54, 1.807) is 20.4 Å². The monoisotopic (exact) mass is 528 g/mol. The molecule has 0 spiro atoms. The van der Waals surface area contributed by atoms with Crippen LogP contribution in [-0.4, -0.2) is 49.1 Å². The highest BCUT2D eigenvalue weighted by Gasteiger charge is 2.42. The van der Waals surface area contributed by atoms with Crippen LogP contribution >= 0.6 is 0 Å². The van der Waals surface area contributed by atoms with Gasteiger partial charge in [-0.1, -0.05) is 18.2 Å². The van der Waals surface area contributed by atoms with Gasteiger partial charge in [-0.15, -0.1) is 0 Å². The highest BCUT2D eigenvalue weighted by Crippen LogP contribution is 2.38. The molecule has 204 valence electrons. The van der Waals surface area contributed by atoms with Crippen molar-refractivity contribution in [2.75, 3.05) is 19.1 Å². The van der Waals surface area contributed by atoms with Crippen LogP contribution in [0.15, 0.2) is 60.8 Å². The lowest BCUT2D eigenvalue weighted by atomic mass is 9.96. The zero-order valence-corrected chi connectivity index (χ0v) is 22.9. The fourth-order valence-corrected chi connectivity index (χ4v) is 5.96. The lowest BCUT2D eigenvalue weighted by Gasteiger charge is -2.40. The average molecular weight is 529 g/mol. The van der Waals surface area contributed by atoms with Crippen molar-refractivity contribution in [3.8, 4) is 11.5 Å². The van der Waals surface area contributed by atoms with E-state index in [1.807, 2.05) is 68.4 Å². The predicted octanol–water partition coefficient (Wildman–Crippen LogP) is 4.83. The van der Waals surface area contributed by atoms with E-state index in [-0.39, 0.29) is 23.9 Å². The molecule has 1 aromatic heterocycles. The van der Waals surface area contributed by atoms with Crippen LogP contribution in [0, 0.1) is 6.92 Å². The van der Waals surface area contributed by atoms with Gasteiger partial charge in [-0.05, 0) is 81.5 Å². The van der Waals surface area contributed by atoms with Crippen LogP contribution in [0.5, 0.6) is 11.5 Å². The minimum absolute atomic E-state index is 0.0547. The number of ether oxygens (including phenoxy) is 2. The lowest BCUT2D eigenvalue weighted by Crippen LogP contribution is -2.50. The van der Waals surface area contributed by atoms with Crippen LogP contribution < -0.4 is 25.0 Å². The van der Waals surface area contributed by atoms with Gasteiger partial charge in [0.1, 0.15) is 17.3 Å². The minimum Gasteiger partial charge on any atom is -0.497 e. The number of pyridine rings is 1. The predicted molar refractivity (Wildman–Crippen MR) is 151 cm³/mol. The molecule has 8 heteroatoms. The summed E-state index contributed by atoms with van der Waals surface area (Å²) in [5.41, 5.74) is 3.00. The lowest BCUT2D eigenvalue weighted by molar-refractivity contribution is 0.0922. The smallest absolute Gasteiger partial charge is 0.253 e. The zero-order chi connectivity index (χ0) is 27.5. The summed E-state index contributed by atoms with van der Waals surface area (Å²) in [5.74, 6) is 2.14. The number of fused-ring (bicyclic) bond motifs is 2. The van der Waals surface area contributed by atoms with Gasteiger partial charge in [-0.25, -0.2) is 4.98 Å². The number of hydrogen-bond acceptors (Lipinski definition) is 6. The Balaban J connectivity index is 1.20. The van der Waals surface area contributed by atoms with Crippen molar-refractivity contribution in [3.05, 3.63) is 83.0 Å². The highest BCUT2D eigenvalue weighted by molar-refractivity contribution is 5.96. The van der Waals surface area contributed by atoms with Crippen LogP contribution in [0.4, 0.5) is 5.82 Å². The van der Waals surface area contributed by atoms with Crippen molar-refractivity contribution in [1.82, 2.24) is 15.6 Å². The molecule has 2 bridgehead atoms. The molecular weight excluding hydrogens is 492 g/mol. The molecule has 0 aliphatic carbocycles.